The molecule has 0 saturated heterocycles. The Morgan fingerprint density at radius 3 is 1.08 bits per heavy atom. The van der Waals surface area contributed by atoms with Crippen LogP contribution in [0.15, 0.2) is 163 Å². The summed E-state index contributed by atoms with van der Waals surface area (Å²) in [6.45, 7) is 22.0. The molecule has 0 unspecified atom stereocenters. The average molecular weight is 739 g/mol. The van der Waals surface area contributed by atoms with E-state index in [0.717, 1.165) is 98.7 Å². The Morgan fingerprint density at radius 1 is 0.408 bits per heavy atom. The number of benzene rings is 4. The monoisotopic (exact) mass is 738 g/mol. The molecule has 0 radical (unpaired) electrons. The molecule has 0 heterocycles. The summed E-state index contributed by atoms with van der Waals surface area (Å²) in [6.07, 6.45) is 0. The van der Waals surface area contributed by atoms with Gasteiger partial charge in [0.25, 0.3) is 0 Å². The minimum Gasteiger partial charge on any atom is -0.282 e. The van der Waals surface area contributed by atoms with Crippen LogP contribution in [0, 0.1) is 0 Å². The van der Waals surface area contributed by atoms with Gasteiger partial charge in [0.15, 0.2) is 0 Å². The first-order valence-corrected chi connectivity index (χ1v) is 19.0. The Kier molecular flexibility index (Phi) is 13.4. The largest absolute Gasteiger partial charge is 0.282 e. The van der Waals surface area contributed by atoms with E-state index in [9.17, 15) is 19.2 Å². The summed E-state index contributed by atoms with van der Waals surface area (Å²) in [5.41, 5.74) is 5.12. The lowest BCUT2D eigenvalue weighted by atomic mass is 10.1. The van der Waals surface area contributed by atoms with Crippen LogP contribution in [0.3, 0.4) is 0 Å². The molecule has 0 spiro atoms. The Balaban J connectivity index is 1.92. The molecule has 4 aromatic rings. The number of thioether (sulfide) groups is 4. The zero-order valence-electron chi connectivity index (χ0n) is 27.6. The van der Waals surface area contributed by atoms with E-state index in [2.05, 4.69) is 26.3 Å². The number of carbonyl (C=O) groups is 4. The highest BCUT2D eigenvalue weighted by atomic mass is 32.2. The molecule has 4 rings (SSSR count). The van der Waals surface area contributed by atoms with Crippen LogP contribution in [0.1, 0.15) is 27.7 Å². The number of hydrogen-bond donors (Lipinski definition) is 0. The van der Waals surface area contributed by atoms with Gasteiger partial charge in [-0.25, -0.2) is 0 Å². The minimum absolute atomic E-state index is 0.135. The summed E-state index contributed by atoms with van der Waals surface area (Å²) < 4.78 is 0. The van der Waals surface area contributed by atoms with E-state index in [1.807, 2.05) is 84.9 Å². The fraction of sp³-hybridized carbons (Fsp3) is 0.100. The second kappa shape index (κ2) is 17.3. The Morgan fingerprint density at radius 2 is 0.735 bits per heavy atom. The van der Waals surface area contributed by atoms with Crippen molar-refractivity contribution in [2.75, 3.05) is 0 Å². The van der Waals surface area contributed by atoms with Crippen molar-refractivity contribution in [2.24, 2.45) is 0 Å². The first-order chi connectivity index (χ1) is 23.2. The molecule has 0 amide bonds. The first kappa shape index (κ1) is 38.1. The molecular weight excluding hydrogens is 705 g/mol. The van der Waals surface area contributed by atoms with Crippen molar-refractivity contribution in [1.82, 2.24) is 0 Å². The molecule has 9 heteroatoms. The lowest BCUT2D eigenvalue weighted by Gasteiger charge is -2.18. The molecule has 0 fully saturated rings. The highest BCUT2D eigenvalue weighted by molar-refractivity contribution is 8.15. The van der Waals surface area contributed by atoms with Gasteiger partial charge in [0, 0.05) is 29.4 Å². The predicted octanol–water partition coefficient (Wildman–Crippen LogP) is 12.0. The van der Waals surface area contributed by atoms with Crippen LogP contribution < -0.4 is 0 Å². The van der Waals surface area contributed by atoms with Gasteiger partial charge in [-0.05, 0) is 168 Å². The smallest absolute Gasteiger partial charge is 0.219 e. The molecule has 4 aromatic carbocycles. The normalized spacial score (nSPS) is 10.7. The minimum atomic E-state index is -0.136. The summed E-state index contributed by atoms with van der Waals surface area (Å²) in [6, 6.07) is 27.0. The number of rotatable bonds is 12. The van der Waals surface area contributed by atoms with Crippen molar-refractivity contribution in [1.29, 1.82) is 0 Å². The Labute approximate surface area is 309 Å². The van der Waals surface area contributed by atoms with Crippen molar-refractivity contribution in [3.05, 3.63) is 134 Å². The first-order valence-electron chi connectivity index (χ1n) is 14.9. The summed E-state index contributed by atoms with van der Waals surface area (Å²) in [5, 5.41) is -0.542. The lowest BCUT2D eigenvalue weighted by Crippen LogP contribution is -1.96. The van der Waals surface area contributed by atoms with Crippen LogP contribution >= 0.6 is 58.8 Å². The maximum atomic E-state index is 12.8. The molecular formula is C40H34O4S5. The van der Waals surface area contributed by atoms with Crippen molar-refractivity contribution >= 4 is 79.3 Å². The van der Waals surface area contributed by atoms with E-state index in [4.69, 9.17) is 0 Å². The van der Waals surface area contributed by atoms with Gasteiger partial charge in [0.1, 0.15) is 0 Å². The highest BCUT2D eigenvalue weighted by Crippen LogP contribution is 2.47. The van der Waals surface area contributed by atoms with Crippen molar-refractivity contribution < 1.29 is 19.2 Å². The third-order valence-corrected chi connectivity index (χ3v) is 12.1. The highest BCUT2D eigenvalue weighted by Gasteiger charge is 2.20. The van der Waals surface area contributed by atoms with Gasteiger partial charge in [-0.1, -0.05) is 74.5 Å². The molecule has 0 atom stereocenters. The van der Waals surface area contributed by atoms with Crippen molar-refractivity contribution in [2.45, 2.75) is 57.1 Å². The van der Waals surface area contributed by atoms with Crippen LogP contribution in [-0.2, 0) is 19.2 Å². The average Bonchev–Trinajstić information content (AvgIpc) is 3.06. The van der Waals surface area contributed by atoms with Crippen molar-refractivity contribution in [3.8, 4) is 22.3 Å². The van der Waals surface area contributed by atoms with Gasteiger partial charge in [0.05, 0.1) is 0 Å². The van der Waals surface area contributed by atoms with E-state index in [0.29, 0.717) is 22.3 Å². The quantitative estimate of drug-likeness (QED) is 0.104. The van der Waals surface area contributed by atoms with Gasteiger partial charge < -0.3 is 0 Å². The van der Waals surface area contributed by atoms with Gasteiger partial charge in [-0.15, -0.1) is 0 Å². The van der Waals surface area contributed by atoms with Crippen LogP contribution in [0.5, 0.6) is 0 Å². The maximum absolute atomic E-state index is 12.8. The number of carbonyl (C=O) groups excluding carboxylic acids is 4. The van der Waals surface area contributed by atoms with Gasteiger partial charge in [-0.2, -0.15) is 0 Å². The van der Waals surface area contributed by atoms with Crippen LogP contribution in [-0.4, -0.2) is 20.5 Å². The molecule has 0 aromatic heterocycles. The molecule has 0 aliphatic rings. The summed E-state index contributed by atoms with van der Waals surface area (Å²) in [4.78, 5) is 55.7. The molecule has 0 aliphatic heterocycles. The Bertz CT molecular complexity index is 1900. The van der Waals surface area contributed by atoms with Crippen LogP contribution in [0.25, 0.3) is 22.3 Å². The topological polar surface area (TPSA) is 68.3 Å². The maximum Gasteiger partial charge on any atom is 0.219 e. The van der Waals surface area contributed by atoms with E-state index in [1.54, 1.807) is 27.7 Å². The molecule has 0 bridgehead atoms. The van der Waals surface area contributed by atoms with E-state index in [-0.39, 0.29) is 20.5 Å². The van der Waals surface area contributed by atoms with Crippen molar-refractivity contribution in [3.63, 3.8) is 0 Å². The summed E-state index contributed by atoms with van der Waals surface area (Å²) >= 11 is 5.95. The molecule has 0 N–H and O–H groups in total. The van der Waals surface area contributed by atoms with Gasteiger partial charge in [-0.3, -0.25) is 19.2 Å². The predicted molar refractivity (Wildman–Crippen MR) is 211 cm³/mol. The fourth-order valence-electron chi connectivity index (χ4n) is 4.18. The van der Waals surface area contributed by atoms with Crippen LogP contribution in [0.4, 0.5) is 0 Å². The van der Waals surface area contributed by atoms with Gasteiger partial charge >= 0.3 is 0 Å². The number of hydrogen-bond acceptors (Lipinski definition) is 9. The molecule has 49 heavy (non-hydrogen) atoms. The fourth-order valence-corrected chi connectivity index (χ4v) is 8.27. The zero-order valence-corrected chi connectivity index (χ0v) is 31.7. The molecule has 248 valence electrons. The second-order valence-corrected chi connectivity index (χ2v) is 16.3. The second-order valence-electron chi connectivity index (χ2n) is 11.1. The molecule has 4 nitrogen and oxygen atoms in total. The van der Waals surface area contributed by atoms with E-state index < -0.39 is 0 Å². The van der Waals surface area contributed by atoms with E-state index >= 15 is 0 Å². The SMILES string of the molecule is C=C(C)C(=O)Sc1ccc(Sc2ccc(SC(=O)C(=C)C)cc2-c2ccccc2SC(=O)C(=C)C)c(-c2ccccc2SC(=O)C(=C)C)c1. The molecule has 0 saturated carbocycles. The summed E-state index contributed by atoms with van der Waals surface area (Å²) in [7, 11) is 0. The third kappa shape index (κ3) is 10.2. The Hall–Kier alpha value is -3.73. The van der Waals surface area contributed by atoms with E-state index in [1.165, 1.54) is 11.8 Å². The standard InChI is InChI=1S/C40H34O4S5/c1-23(2)37(41)45-27-17-19-35(31(21-27)29-13-9-11-15-33(29)48-39(43)25(5)6)47-36-20-18-28(46-38(42)24(3)4)22-32(36)30-14-10-12-16-34(30)49-40(44)26(7)8/h9-22H,1,3,5,7H2,2,4,6,8H3. The zero-order chi connectivity index (χ0) is 35.8. The molecule has 0 aliphatic carbocycles. The summed E-state index contributed by atoms with van der Waals surface area (Å²) in [5.74, 6) is 0. The third-order valence-electron chi connectivity index (χ3n) is 6.70. The van der Waals surface area contributed by atoms with Gasteiger partial charge in [0.2, 0.25) is 20.5 Å². The van der Waals surface area contributed by atoms with Crippen LogP contribution in [0.2, 0.25) is 0 Å². The lowest BCUT2D eigenvalue weighted by molar-refractivity contribution is -0.108.